The summed E-state index contributed by atoms with van der Waals surface area (Å²) in [5.41, 5.74) is 1.63. The molecule has 1 heterocycles. The van der Waals surface area contributed by atoms with E-state index in [-0.39, 0.29) is 37.9 Å². The van der Waals surface area contributed by atoms with Gasteiger partial charge in [0.05, 0.1) is 15.1 Å². The van der Waals surface area contributed by atoms with E-state index in [0.29, 0.717) is 22.1 Å². The number of hydrogen-bond acceptors (Lipinski definition) is 1. The van der Waals surface area contributed by atoms with Crippen molar-refractivity contribution in [3.05, 3.63) is 121 Å². The van der Waals surface area contributed by atoms with Gasteiger partial charge in [-0.3, -0.25) is 0 Å². The van der Waals surface area contributed by atoms with E-state index in [1.165, 1.54) is 0 Å². The molecule has 8 rings (SSSR count). The predicted octanol–water partition coefficient (Wildman–Crippen LogP) is 9.87. The maximum absolute atomic E-state index is 9.35. The van der Waals surface area contributed by atoms with Crippen LogP contribution in [0.3, 0.4) is 0 Å². The third-order valence-corrected chi connectivity index (χ3v) is 6.59. The normalized spacial score (nSPS) is 16.4. The first kappa shape index (κ1) is 11.2. The lowest BCUT2D eigenvalue weighted by molar-refractivity contribution is 0.669. The molecular formula is C34H20O. The van der Waals surface area contributed by atoms with Gasteiger partial charge in [-0.1, -0.05) is 103 Å². The zero-order valence-corrected chi connectivity index (χ0v) is 18.1. The van der Waals surface area contributed by atoms with Crippen molar-refractivity contribution in [2.24, 2.45) is 0 Å². The molecule has 7 aromatic carbocycles. The first-order chi connectivity index (χ1) is 22.0. The Morgan fingerprint density at radius 3 is 2.23 bits per heavy atom. The van der Waals surface area contributed by atoms with Crippen molar-refractivity contribution in [2.45, 2.75) is 0 Å². The largest absolute Gasteiger partial charge is 0.456 e. The number of benzene rings is 7. The fourth-order valence-corrected chi connectivity index (χ4v) is 5.13. The predicted molar refractivity (Wildman–Crippen MR) is 149 cm³/mol. The van der Waals surface area contributed by atoms with Crippen LogP contribution in [0.2, 0.25) is 0 Å². The van der Waals surface area contributed by atoms with Crippen LogP contribution in [0, 0.1) is 0 Å². The molecule has 8 aromatic rings. The van der Waals surface area contributed by atoms with E-state index >= 15 is 0 Å². The number of furan rings is 1. The Morgan fingerprint density at radius 2 is 1.29 bits per heavy atom. The molecule has 0 saturated heterocycles. The van der Waals surface area contributed by atoms with Crippen molar-refractivity contribution in [3.63, 3.8) is 0 Å². The number of fused-ring (bicyclic) bond motifs is 9. The van der Waals surface area contributed by atoms with Gasteiger partial charge in [-0.2, -0.15) is 0 Å². The molecule has 0 unspecified atom stereocenters. The zero-order valence-electron chi connectivity index (χ0n) is 29.1. The number of rotatable bonds is 1. The Morgan fingerprint density at radius 1 is 0.486 bits per heavy atom. The molecular weight excluding hydrogens is 424 g/mol. The summed E-state index contributed by atoms with van der Waals surface area (Å²) in [7, 11) is 0. The van der Waals surface area contributed by atoms with Crippen LogP contribution in [0.4, 0.5) is 0 Å². The van der Waals surface area contributed by atoms with Crippen LogP contribution < -0.4 is 0 Å². The minimum Gasteiger partial charge on any atom is -0.456 e. The maximum Gasteiger partial charge on any atom is 0.136 e. The second kappa shape index (κ2) is 6.94. The zero-order chi connectivity index (χ0) is 32.5. The van der Waals surface area contributed by atoms with Gasteiger partial charge in [0.2, 0.25) is 0 Å². The Bertz CT molecular complexity index is 2710. The van der Waals surface area contributed by atoms with E-state index in [0.717, 1.165) is 16.2 Å². The molecule has 0 aliphatic carbocycles. The molecule has 0 aliphatic rings. The van der Waals surface area contributed by atoms with Gasteiger partial charge in [0.1, 0.15) is 11.2 Å². The van der Waals surface area contributed by atoms with E-state index in [2.05, 4.69) is 0 Å². The van der Waals surface area contributed by atoms with Crippen molar-refractivity contribution in [2.75, 3.05) is 0 Å². The summed E-state index contributed by atoms with van der Waals surface area (Å²) in [4.78, 5) is 0. The van der Waals surface area contributed by atoms with Crippen molar-refractivity contribution in [1.29, 1.82) is 0 Å². The molecule has 0 bridgehead atoms. The second-order valence-corrected chi connectivity index (χ2v) is 8.44. The molecule has 1 heteroatoms. The Balaban J connectivity index is 1.77. The van der Waals surface area contributed by atoms with Crippen LogP contribution in [0.1, 0.15) is 15.1 Å². The van der Waals surface area contributed by atoms with Crippen LogP contribution in [-0.2, 0) is 0 Å². The van der Waals surface area contributed by atoms with Crippen LogP contribution in [-0.4, -0.2) is 0 Å². The van der Waals surface area contributed by atoms with Crippen LogP contribution in [0.25, 0.3) is 76.2 Å². The van der Waals surface area contributed by atoms with Gasteiger partial charge in [0.25, 0.3) is 0 Å². The minimum absolute atomic E-state index is 0.0212. The van der Waals surface area contributed by atoms with Crippen LogP contribution in [0.5, 0.6) is 0 Å². The minimum atomic E-state index is -0.583. The molecule has 0 amide bonds. The van der Waals surface area contributed by atoms with Crippen molar-refractivity contribution in [1.82, 2.24) is 0 Å². The molecule has 0 radical (unpaired) electrons. The lowest BCUT2D eigenvalue weighted by Gasteiger charge is -2.15. The lowest BCUT2D eigenvalue weighted by Crippen LogP contribution is -1.88. The van der Waals surface area contributed by atoms with Gasteiger partial charge < -0.3 is 4.42 Å². The molecule has 35 heavy (non-hydrogen) atoms. The SMILES string of the molecule is [2H]c1c([2H])c([2H])c2c([2H])c3c(c([2H])c([2H])c4c([2H])c([2H])c([2H])c([2H])c43)c(-c3cccc4oc5ccc6ccccc6c5c34)c2c1[2H]. The Labute approximate surface area is 217 Å². The first-order valence-corrected chi connectivity index (χ1v) is 11.1. The van der Waals surface area contributed by atoms with E-state index in [1.807, 2.05) is 36.4 Å². The molecule has 0 saturated carbocycles. The first-order valence-electron chi connectivity index (χ1n) is 16.6. The highest BCUT2D eigenvalue weighted by atomic mass is 16.3. The highest BCUT2D eigenvalue weighted by molar-refractivity contribution is 6.27. The maximum atomic E-state index is 9.35. The summed E-state index contributed by atoms with van der Waals surface area (Å²) in [6.07, 6.45) is 0. The molecule has 1 aromatic heterocycles. The third-order valence-electron chi connectivity index (χ3n) is 6.59. The summed E-state index contributed by atoms with van der Waals surface area (Å²) in [5.74, 6) is 0. The number of hydrogen-bond donors (Lipinski definition) is 0. The summed E-state index contributed by atoms with van der Waals surface area (Å²) in [5, 5.41) is 2.44. The second-order valence-electron chi connectivity index (χ2n) is 8.44. The third kappa shape index (κ3) is 2.58. The van der Waals surface area contributed by atoms with Crippen molar-refractivity contribution >= 4 is 65.0 Å². The van der Waals surface area contributed by atoms with Gasteiger partial charge in [0, 0.05) is 10.8 Å². The average Bonchev–Trinajstić information content (AvgIpc) is 3.45. The lowest BCUT2D eigenvalue weighted by atomic mass is 9.88. The summed E-state index contributed by atoms with van der Waals surface area (Å²) in [6.45, 7) is 0. The van der Waals surface area contributed by atoms with Gasteiger partial charge in [0.15, 0.2) is 0 Å². The van der Waals surface area contributed by atoms with Crippen molar-refractivity contribution < 1.29 is 19.5 Å². The molecule has 162 valence electrons. The fourth-order valence-electron chi connectivity index (χ4n) is 5.13. The standard InChI is InChI=1S/C34H20O/c1-4-11-24-21(8-1)16-18-27-29(24)20-23-10-3-6-13-26(23)32(27)28-14-7-15-30-34(28)33-25-12-5-2-9-22(25)17-19-31(33)35-30/h1-20H/i1D,3D,4D,6D,8D,10D,11D,13D,16D,18D,20D. The van der Waals surface area contributed by atoms with Crippen molar-refractivity contribution in [3.8, 4) is 11.1 Å². The van der Waals surface area contributed by atoms with Gasteiger partial charge in [-0.15, -0.1) is 0 Å². The smallest absolute Gasteiger partial charge is 0.136 e. The Hall–Kier alpha value is -4.62. The van der Waals surface area contributed by atoms with Crippen LogP contribution in [0.15, 0.2) is 125 Å². The van der Waals surface area contributed by atoms with Gasteiger partial charge in [-0.25, -0.2) is 0 Å². The van der Waals surface area contributed by atoms with E-state index in [1.54, 1.807) is 18.2 Å². The molecule has 0 atom stereocenters. The van der Waals surface area contributed by atoms with Gasteiger partial charge >= 0.3 is 0 Å². The summed E-state index contributed by atoms with van der Waals surface area (Å²) in [6, 6.07) is 11.2. The average molecular weight is 456 g/mol. The topological polar surface area (TPSA) is 13.1 Å². The molecule has 1 nitrogen and oxygen atoms in total. The van der Waals surface area contributed by atoms with E-state index < -0.39 is 66.5 Å². The quantitative estimate of drug-likeness (QED) is 0.177. The molecule has 0 N–H and O–H groups in total. The highest BCUT2D eigenvalue weighted by Gasteiger charge is 2.19. The summed E-state index contributed by atoms with van der Waals surface area (Å²) < 4.78 is 103. The molecule has 0 fully saturated rings. The van der Waals surface area contributed by atoms with E-state index in [4.69, 9.17) is 16.8 Å². The monoisotopic (exact) mass is 455 g/mol. The highest BCUT2D eigenvalue weighted by Crippen LogP contribution is 2.45. The fraction of sp³-hybridized carbons (Fsp3) is 0. The van der Waals surface area contributed by atoms with Gasteiger partial charge in [-0.05, 0) is 72.4 Å². The molecule has 0 aliphatic heterocycles. The van der Waals surface area contributed by atoms with E-state index in [9.17, 15) is 2.74 Å². The Kier molecular flexibility index (Phi) is 2.22. The van der Waals surface area contributed by atoms with Crippen LogP contribution >= 0.6 is 0 Å². The molecule has 0 spiro atoms. The summed E-state index contributed by atoms with van der Waals surface area (Å²) >= 11 is 0.